The summed E-state index contributed by atoms with van der Waals surface area (Å²) in [4.78, 5) is 19.5. The van der Waals surface area contributed by atoms with Crippen molar-refractivity contribution in [2.24, 2.45) is 11.3 Å². The quantitative estimate of drug-likeness (QED) is 0.889. The summed E-state index contributed by atoms with van der Waals surface area (Å²) in [5.74, 6) is 0.938. The molecule has 1 aromatic heterocycles. The molecule has 0 bridgehead atoms. The van der Waals surface area contributed by atoms with Crippen LogP contribution in [0.5, 0.6) is 0 Å². The minimum atomic E-state index is -0.123. The first-order valence-electron chi connectivity index (χ1n) is 8.64. The number of nitrogens with zero attached hydrogens (tertiary/aromatic N) is 4. The van der Waals surface area contributed by atoms with Gasteiger partial charge in [-0.25, -0.2) is 9.67 Å². The summed E-state index contributed by atoms with van der Waals surface area (Å²) in [6.45, 7) is 3.59. The molecule has 3 fully saturated rings. The fourth-order valence-electron chi connectivity index (χ4n) is 4.74. The van der Waals surface area contributed by atoms with Crippen LogP contribution in [-0.2, 0) is 4.79 Å². The predicted octanol–water partition coefficient (Wildman–Crippen LogP) is 1.64. The second-order valence-electron chi connectivity index (χ2n) is 7.15. The lowest BCUT2D eigenvalue weighted by atomic mass is 9.67. The highest BCUT2D eigenvalue weighted by Gasteiger charge is 2.51. The second kappa shape index (κ2) is 6.77. The van der Waals surface area contributed by atoms with E-state index in [9.17, 15) is 4.79 Å². The van der Waals surface area contributed by atoms with Crippen molar-refractivity contribution in [2.45, 2.75) is 44.6 Å². The van der Waals surface area contributed by atoms with Crippen LogP contribution in [0.2, 0.25) is 0 Å². The smallest absolute Gasteiger partial charge is 0.230 e. The van der Waals surface area contributed by atoms with E-state index in [-0.39, 0.29) is 23.9 Å². The molecule has 7 heteroatoms. The summed E-state index contributed by atoms with van der Waals surface area (Å²) in [6, 6.07) is 0.285. The van der Waals surface area contributed by atoms with E-state index in [0.29, 0.717) is 11.8 Å². The Hall–Kier alpha value is -1.14. The molecule has 1 saturated carbocycles. The van der Waals surface area contributed by atoms with Gasteiger partial charge in [-0.1, -0.05) is 12.8 Å². The average molecular weight is 340 g/mol. The number of amides is 1. The van der Waals surface area contributed by atoms with Crippen LogP contribution in [0.4, 0.5) is 0 Å². The highest BCUT2D eigenvalue weighted by Crippen LogP contribution is 2.45. The Kier molecular flexibility index (Phi) is 4.92. The number of carbonyl (C=O) groups is 1. The third-order valence-electron chi connectivity index (χ3n) is 5.96. The van der Waals surface area contributed by atoms with Crippen molar-refractivity contribution in [3.05, 3.63) is 12.7 Å². The lowest BCUT2D eigenvalue weighted by molar-refractivity contribution is -0.147. The predicted molar refractivity (Wildman–Crippen MR) is 89.4 cm³/mol. The minimum Gasteiger partial charge on any atom is -0.340 e. The molecule has 1 aliphatic carbocycles. The number of hydrogen-bond donors (Lipinski definition) is 1. The van der Waals surface area contributed by atoms with Crippen molar-refractivity contribution in [3.8, 4) is 0 Å². The molecule has 6 nitrogen and oxygen atoms in total. The number of piperidine rings is 1. The van der Waals surface area contributed by atoms with Gasteiger partial charge in [0, 0.05) is 19.6 Å². The van der Waals surface area contributed by atoms with Crippen LogP contribution in [0.15, 0.2) is 12.7 Å². The molecule has 0 aromatic carbocycles. The van der Waals surface area contributed by atoms with Gasteiger partial charge >= 0.3 is 0 Å². The van der Waals surface area contributed by atoms with Gasteiger partial charge in [0.1, 0.15) is 12.7 Å². The summed E-state index contributed by atoms with van der Waals surface area (Å²) in [6.07, 6.45) is 10.3. The normalized spacial score (nSPS) is 33.8. The fourth-order valence-corrected chi connectivity index (χ4v) is 4.74. The summed E-state index contributed by atoms with van der Waals surface area (Å²) in [5, 5.41) is 7.76. The molecule has 3 aliphatic rings. The Labute approximate surface area is 143 Å². The number of fused-ring (bicyclic) bond motifs is 1. The van der Waals surface area contributed by atoms with E-state index in [1.807, 2.05) is 4.68 Å². The molecule has 1 N–H and O–H groups in total. The summed E-state index contributed by atoms with van der Waals surface area (Å²) in [5.41, 5.74) is -0.123. The highest BCUT2D eigenvalue weighted by atomic mass is 35.5. The van der Waals surface area contributed by atoms with Gasteiger partial charge in [-0.15, -0.1) is 12.4 Å². The first kappa shape index (κ1) is 16.7. The van der Waals surface area contributed by atoms with Crippen molar-refractivity contribution >= 4 is 18.3 Å². The van der Waals surface area contributed by atoms with Gasteiger partial charge in [0.15, 0.2) is 0 Å². The van der Waals surface area contributed by atoms with Crippen LogP contribution in [0.3, 0.4) is 0 Å². The monoisotopic (exact) mass is 339 g/mol. The molecule has 23 heavy (non-hydrogen) atoms. The van der Waals surface area contributed by atoms with E-state index in [0.717, 1.165) is 45.4 Å². The Bertz CT molecular complexity index is 537. The van der Waals surface area contributed by atoms with Gasteiger partial charge in [0.25, 0.3) is 0 Å². The number of carbonyl (C=O) groups excluding carboxylic acids is 1. The molecule has 1 amide bonds. The van der Waals surface area contributed by atoms with E-state index in [1.54, 1.807) is 12.7 Å². The molecule has 3 atom stereocenters. The largest absolute Gasteiger partial charge is 0.340 e. The van der Waals surface area contributed by atoms with Gasteiger partial charge in [-0.05, 0) is 38.1 Å². The molecular formula is C16H26ClN5O. The van der Waals surface area contributed by atoms with E-state index in [2.05, 4.69) is 20.3 Å². The maximum Gasteiger partial charge on any atom is 0.230 e. The van der Waals surface area contributed by atoms with Gasteiger partial charge < -0.3 is 10.2 Å². The average Bonchev–Trinajstić information content (AvgIpc) is 3.24. The summed E-state index contributed by atoms with van der Waals surface area (Å²) in [7, 11) is 0. The number of aromatic nitrogens is 3. The highest BCUT2D eigenvalue weighted by molar-refractivity contribution is 5.85. The Balaban J connectivity index is 0.00000156. The van der Waals surface area contributed by atoms with Crippen molar-refractivity contribution in [1.82, 2.24) is 25.0 Å². The molecule has 3 heterocycles. The van der Waals surface area contributed by atoms with Crippen molar-refractivity contribution in [2.75, 3.05) is 26.2 Å². The van der Waals surface area contributed by atoms with Crippen LogP contribution in [0.1, 0.15) is 44.6 Å². The summed E-state index contributed by atoms with van der Waals surface area (Å²) < 4.78 is 1.92. The van der Waals surface area contributed by atoms with Crippen LogP contribution in [0, 0.1) is 11.3 Å². The minimum absolute atomic E-state index is 0. The molecule has 1 unspecified atom stereocenters. The first-order chi connectivity index (χ1) is 10.8. The number of rotatable bonds is 2. The second-order valence-corrected chi connectivity index (χ2v) is 7.15. The van der Waals surface area contributed by atoms with Crippen molar-refractivity contribution in [1.29, 1.82) is 0 Å². The van der Waals surface area contributed by atoms with E-state index in [4.69, 9.17) is 0 Å². The zero-order chi connectivity index (χ0) is 15.0. The first-order valence-corrected chi connectivity index (χ1v) is 8.64. The number of hydrogen-bond acceptors (Lipinski definition) is 4. The molecule has 2 aliphatic heterocycles. The number of halogens is 1. The fraction of sp³-hybridized carbons (Fsp3) is 0.812. The third kappa shape index (κ3) is 2.87. The Morgan fingerprint density at radius 3 is 3.00 bits per heavy atom. The standard InChI is InChI=1S/C16H25N5O.ClH/c22-15(16-6-2-1-4-13(16)8-17-10-16)20-7-3-5-14(9-20)21-12-18-11-19-21;/h11-14,17H,1-10H2;1H/t13-,14?,16+;/m0./s1. The van der Waals surface area contributed by atoms with Crippen LogP contribution < -0.4 is 5.32 Å². The molecule has 2 saturated heterocycles. The topological polar surface area (TPSA) is 63.1 Å². The maximum absolute atomic E-state index is 13.3. The van der Waals surface area contributed by atoms with Crippen molar-refractivity contribution < 1.29 is 4.79 Å². The SMILES string of the molecule is Cl.O=C(N1CCCC(n2cncn2)C1)[C@@]12CCCC[C@H]1CNC2. The van der Waals surface area contributed by atoms with E-state index < -0.39 is 0 Å². The van der Waals surface area contributed by atoms with E-state index in [1.165, 1.54) is 19.3 Å². The molecule has 0 spiro atoms. The number of nitrogens with one attached hydrogen (secondary N) is 1. The molecule has 0 radical (unpaired) electrons. The molecule has 4 rings (SSSR count). The van der Waals surface area contributed by atoms with Crippen LogP contribution in [0.25, 0.3) is 0 Å². The maximum atomic E-state index is 13.3. The van der Waals surface area contributed by atoms with E-state index >= 15 is 0 Å². The molecule has 1 aromatic rings. The lowest BCUT2D eigenvalue weighted by Crippen LogP contribution is -2.52. The number of likely N-dealkylation sites (tertiary alicyclic amines) is 1. The Morgan fingerprint density at radius 1 is 1.26 bits per heavy atom. The van der Waals surface area contributed by atoms with Gasteiger partial charge in [-0.2, -0.15) is 5.10 Å². The van der Waals surface area contributed by atoms with Gasteiger partial charge in [0.05, 0.1) is 11.5 Å². The summed E-state index contributed by atoms with van der Waals surface area (Å²) >= 11 is 0. The van der Waals surface area contributed by atoms with Gasteiger partial charge in [-0.3, -0.25) is 4.79 Å². The third-order valence-corrected chi connectivity index (χ3v) is 5.96. The van der Waals surface area contributed by atoms with Crippen LogP contribution >= 0.6 is 12.4 Å². The molecular weight excluding hydrogens is 314 g/mol. The van der Waals surface area contributed by atoms with Crippen LogP contribution in [-0.4, -0.2) is 51.8 Å². The van der Waals surface area contributed by atoms with Crippen molar-refractivity contribution in [3.63, 3.8) is 0 Å². The zero-order valence-electron chi connectivity index (χ0n) is 13.5. The zero-order valence-corrected chi connectivity index (χ0v) is 14.3. The lowest BCUT2D eigenvalue weighted by Gasteiger charge is -2.43. The molecule has 128 valence electrons. The Morgan fingerprint density at radius 2 is 2.17 bits per heavy atom. The van der Waals surface area contributed by atoms with Gasteiger partial charge in [0.2, 0.25) is 5.91 Å².